The van der Waals surface area contributed by atoms with E-state index in [-0.39, 0.29) is 28.7 Å². The van der Waals surface area contributed by atoms with Crippen molar-refractivity contribution in [1.29, 1.82) is 0 Å². The Morgan fingerprint density at radius 1 is 1.00 bits per heavy atom. The minimum Gasteiger partial charge on any atom is -0.379 e. The number of nitrogens with one attached hydrogen (secondary N) is 3. The fourth-order valence-electron chi connectivity index (χ4n) is 3.25. The molecule has 2 heterocycles. The fourth-order valence-corrected chi connectivity index (χ4v) is 6.22. The summed E-state index contributed by atoms with van der Waals surface area (Å²) >= 11 is 12.6. The minimum absolute atomic E-state index is 0.0851. The second kappa shape index (κ2) is 10.3. The van der Waals surface area contributed by atoms with Crippen molar-refractivity contribution in [2.75, 3.05) is 26.3 Å². The summed E-state index contributed by atoms with van der Waals surface area (Å²) in [5.74, 6) is -1.07. The van der Waals surface area contributed by atoms with Gasteiger partial charge < -0.3 is 4.74 Å². The van der Waals surface area contributed by atoms with E-state index in [4.69, 9.17) is 28.6 Å². The molecular weight excluding hydrogens is 520 g/mol. The summed E-state index contributed by atoms with van der Waals surface area (Å²) in [6, 6.07) is 12.9. The molecule has 1 fully saturated rings. The molecule has 178 valence electrons. The molecule has 0 atom stereocenters. The van der Waals surface area contributed by atoms with E-state index in [1.807, 2.05) is 24.3 Å². The van der Waals surface area contributed by atoms with Gasteiger partial charge in [-0.25, -0.2) is 8.42 Å². The topological polar surface area (TPSA) is 117 Å². The van der Waals surface area contributed by atoms with Crippen molar-refractivity contribution in [1.82, 2.24) is 20.5 Å². The Bertz CT molecular complexity index is 1350. The monoisotopic (exact) mass is 538 g/mol. The van der Waals surface area contributed by atoms with Crippen LogP contribution in [0.4, 0.5) is 0 Å². The first-order valence-electron chi connectivity index (χ1n) is 10.0. The quantitative estimate of drug-likeness (QED) is 0.345. The van der Waals surface area contributed by atoms with Gasteiger partial charge in [0, 0.05) is 28.7 Å². The number of sulfonamides is 1. The van der Waals surface area contributed by atoms with Crippen LogP contribution in [-0.2, 0) is 14.8 Å². The zero-order valence-corrected chi connectivity index (χ0v) is 20.7. The largest absolute Gasteiger partial charge is 0.379 e. The Labute approximate surface area is 210 Å². The molecule has 0 spiro atoms. The summed E-state index contributed by atoms with van der Waals surface area (Å²) in [4.78, 5) is 25.3. The van der Waals surface area contributed by atoms with Crippen LogP contribution in [0, 0.1) is 0 Å². The van der Waals surface area contributed by atoms with Crippen molar-refractivity contribution >= 4 is 72.2 Å². The summed E-state index contributed by atoms with van der Waals surface area (Å²) in [6.07, 6.45) is 0. The van der Waals surface area contributed by atoms with Gasteiger partial charge in [-0.15, -0.1) is 11.3 Å². The maximum Gasteiger partial charge on any atom is 0.269 e. The van der Waals surface area contributed by atoms with Crippen LogP contribution in [-0.4, -0.2) is 56.0 Å². The van der Waals surface area contributed by atoms with Gasteiger partial charge in [-0.1, -0.05) is 29.8 Å². The second-order valence-electron chi connectivity index (χ2n) is 7.14. The molecule has 1 aliphatic heterocycles. The van der Waals surface area contributed by atoms with E-state index < -0.39 is 21.8 Å². The van der Waals surface area contributed by atoms with Crippen molar-refractivity contribution in [3.63, 3.8) is 0 Å². The average molecular weight is 539 g/mol. The lowest BCUT2D eigenvalue weighted by molar-refractivity contribution is 0.0730. The van der Waals surface area contributed by atoms with Crippen molar-refractivity contribution < 1.29 is 22.7 Å². The molecule has 2 amide bonds. The first-order valence-corrected chi connectivity index (χ1v) is 13.1. The number of morpholine rings is 1. The number of carbonyl (C=O) groups is 2. The molecule has 3 N–H and O–H groups in total. The lowest BCUT2D eigenvalue weighted by atomic mass is 10.2. The Hall–Kier alpha value is -2.61. The number of hydrogen-bond acceptors (Lipinski definition) is 7. The van der Waals surface area contributed by atoms with E-state index in [9.17, 15) is 18.0 Å². The highest BCUT2D eigenvalue weighted by Crippen LogP contribution is 2.34. The molecule has 2 aromatic carbocycles. The minimum atomic E-state index is -3.66. The Morgan fingerprint density at radius 2 is 1.68 bits per heavy atom. The molecule has 34 heavy (non-hydrogen) atoms. The molecule has 0 unspecified atom stereocenters. The number of amides is 2. The van der Waals surface area contributed by atoms with E-state index in [1.165, 1.54) is 39.9 Å². The maximum atomic E-state index is 12.7. The van der Waals surface area contributed by atoms with Crippen LogP contribution in [0.2, 0.25) is 5.02 Å². The Kier molecular flexibility index (Phi) is 7.45. The van der Waals surface area contributed by atoms with Gasteiger partial charge in [0.05, 0.1) is 23.1 Å². The van der Waals surface area contributed by atoms with E-state index in [2.05, 4.69) is 16.2 Å². The van der Waals surface area contributed by atoms with Gasteiger partial charge in [0.15, 0.2) is 5.11 Å². The maximum absolute atomic E-state index is 12.7. The SMILES string of the molecule is O=C(NNC(=S)NC(=O)c1sc2ccccc2c1Cl)c1ccc(S(=O)(=O)N2CCOCC2)cc1. The first kappa shape index (κ1) is 24.5. The standard InChI is InChI=1S/C21H19ClN4O5S3/c22-17-15-3-1-2-4-16(15)33-18(17)20(28)23-21(32)25-24-19(27)13-5-7-14(8-6-13)34(29,30)26-9-11-31-12-10-26/h1-8H,9-12H2,(H,24,27)(H2,23,25,28,32). The van der Waals surface area contributed by atoms with E-state index in [1.54, 1.807) is 0 Å². The van der Waals surface area contributed by atoms with Crippen LogP contribution in [0.15, 0.2) is 53.4 Å². The lowest BCUT2D eigenvalue weighted by Gasteiger charge is -2.26. The normalized spacial score (nSPS) is 14.5. The number of rotatable bonds is 4. The zero-order chi connectivity index (χ0) is 24.3. The molecule has 13 heteroatoms. The van der Waals surface area contributed by atoms with Crippen molar-refractivity contribution in [3.05, 3.63) is 64.0 Å². The summed E-state index contributed by atoms with van der Waals surface area (Å²) in [6.45, 7) is 1.25. The smallest absolute Gasteiger partial charge is 0.269 e. The molecular formula is C21H19ClN4O5S3. The van der Waals surface area contributed by atoms with E-state index >= 15 is 0 Å². The van der Waals surface area contributed by atoms with Gasteiger partial charge in [-0.2, -0.15) is 4.31 Å². The van der Waals surface area contributed by atoms with Gasteiger partial charge in [0.25, 0.3) is 11.8 Å². The molecule has 0 aliphatic carbocycles. The third-order valence-electron chi connectivity index (χ3n) is 4.98. The predicted molar refractivity (Wildman–Crippen MR) is 134 cm³/mol. The zero-order valence-electron chi connectivity index (χ0n) is 17.5. The first-order chi connectivity index (χ1) is 16.3. The Balaban J connectivity index is 1.33. The highest BCUT2D eigenvalue weighted by atomic mass is 35.5. The van der Waals surface area contributed by atoms with Crippen molar-refractivity contribution in [2.24, 2.45) is 0 Å². The molecule has 9 nitrogen and oxygen atoms in total. The van der Waals surface area contributed by atoms with Gasteiger partial charge in [-0.3, -0.25) is 25.8 Å². The molecule has 3 aromatic rings. The number of ether oxygens (including phenoxy) is 1. The van der Waals surface area contributed by atoms with Crippen molar-refractivity contribution in [3.8, 4) is 0 Å². The third-order valence-corrected chi connectivity index (χ3v) is 8.77. The van der Waals surface area contributed by atoms with Gasteiger partial charge in [0.2, 0.25) is 10.0 Å². The molecule has 0 radical (unpaired) electrons. The number of nitrogens with zero attached hydrogens (tertiary/aromatic N) is 1. The number of hydrazine groups is 1. The molecule has 1 aliphatic rings. The molecule has 0 saturated carbocycles. The van der Waals surface area contributed by atoms with E-state index in [0.29, 0.717) is 23.1 Å². The Morgan fingerprint density at radius 3 is 2.35 bits per heavy atom. The fraction of sp³-hybridized carbons (Fsp3) is 0.190. The molecule has 4 rings (SSSR count). The summed E-state index contributed by atoms with van der Waals surface area (Å²) < 4.78 is 32.7. The van der Waals surface area contributed by atoms with Gasteiger partial charge in [0.1, 0.15) is 4.88 Å². The van der Waals surface area contributed by atoms with Gasteiger partial charge in [-0.05, 0) is 42.5 Å². The van der Waals surface area contributed by atoms with Crippen LogP contribution >= 0.6 is 35.2 Å². The third kappa shape index (κ3) is 5.22. The predicted octanol–water partition coefficient (Wildman–Crippen LogP) is 2.52. The second-order valence-corrected chi connectivity index (χ2v) is 10.9. The number of benzene rings is 2. The number of halogens is 1. The number of carbonyl (C=O) groups excluding carboxylic acids is 2. The van der Waals surface area contributed by atoms with Crippen LogP contribution in [0.1, 0.15) is 20.0 Å². The van der Waals surface area contributed by atoms with Crippen LogP contribution < -0.4 is 16.2 Å². The number of hydrogen-bond donors (Lipinski definition) is 3. The lowest BCUT2D eigenvalue weighted by Crippen LogP contribution is -2.48. The average Bonchev–Trinajstić information content (AvgIpc) is 3.20. The summed E-state index contributed by atoms with van der Waals surface area (Å²) in [5, 5.41) is 3.44. The number of fused-ring (bicyclic) bond motifs is 1. The highest BCUT2D eigenvalue weighted by Gasteiger charge is 2.26. The van der Waals surface area contributed by atoms with Crippen molar-refractivity contribution in [2.45, 2.75) is 4.90 Å². The highest BCUT2D eigenvalue weighted by molar-refractivity contribution is 7.89. The van der Waals surface area contributed by atoms with Crippen LogP contribution in [0.5, 0.6) is 0 Å². The molecule has 1 aromatic heterocycles. The van der Waals surface area contributed by atoms with E-state index in [0.717, 1.165) is 10.1 Å². The van der Waals surface area contributed by atoms with Crippen LogP contribution in [0.25, 0.3) is 10.1 Å². The molecule has 0 bridgehead atoms. The summed E-state index contributed by atoms with van der Waals surface area (Å²) in [5.41, 5.74) is 5.02. The molecule has 1 saturated heterocycles. The number of thiophene rings is 1. The summed E-state index contributed by atoms with van der Waals surface area (Å²) in [7, 11) is -3.66. The van der Waals surface area contributed by atoms with Gasteiger partial charge >= 0.3 is 0 Å². The number of thiocarbonyl (C=S) groups is 1. The van der Waals surface area contributed by atoms with Crippen LogP contribution in [0.3, 0.4) is 0 Å².